The molecule has 0 rings (SSSR count). The predicted octanol–water partition coefficient (Wildman–Crippen LogP) is 14.4. The summed E-state index contributed by atoms with van der Waals surface area (Å²) >= 11 is 0. The number of esters is 1. The van der Waals surface area contributed by atoms with Crippen molar-refractivity contribution in [1.82, 2.24) is 0 Å². The third-order valence-electron chi connectivity index (χ3n) is 10.8. The van der Waals surface area contributed by atoms with Crippen LogP contribution in [0.25, 0.3) is 0 Å². The van der Waals surface area contributed by atoms with E-state index in [4.69, 9.17) is 23.6 Å². The van der Waals surface area contributed by atoms with Gasteiger partial charge in [-0.25, -0.2) is 4.57 Å². The fourth-order valence-corrected chi connectivity index (χ4v) is 7.80. The Morgan fingerprint density at radius 1 is 0.517 bits per heavy atom. The highest BCUT2D eigenvalue weighted by Gasteiger charge is 2.26. The SMILES string of the molecule is CCCCC/C=C\C/C=C\C/C=C\CCCCCCCCCOCC(COP(=O)(O)OCC(O)CO)OC(=O)CCCCCCCCCCCCCCCCCCCCC. The minimum Gasteiger partial charge on any atom is -0.457 e. The molecule has 3 unspecified atom stereocenters. The van der Waals surface area contributed by atoms with Gasteiger partial charge in [-0.05, 0) is 51.4 Å². The number of phosphoric ester groups is 1. The van der Waals surface area contributed by atoms with Crippen LogP contribution in [0.15, 0.2) is 36.5 Å². The molecule has 0 aliphatic carbocycles. The van der Waals surface area contributed by atoms with Crippen LogP contribution in [0.4, 0.5) is 0 Å². The topological polar surface area (TPSA) is 132 Å². The van der Waals surface area contributed by atoms with Crippen LogP contribution in [0.5, 0.6) is 0 Å². The van der Waals surface area contributed by atoms with E-state index in [0.29, 0.717) is 6.61 Å². The fourth-order valence-electron chi connectivity index (χ4n) is 7.01. The van der Waals surface area contributed by atoms with Crippen LogP contribution in [0.2, 0.25) is 0 Å². The molecule has 3 N–H and O–H groups in total. The van der Waals surface area contributed by atoms with Crippen molar-refractivity contribution in [3.05, 3.63) is 36.5 Å². The van der Waals surface area contributed by atoms with Crippen molar-refractivity contribution in [3.63, 3.8) is 0 Å². The Kier molecular flexibility index (Phi) is 46.1. The number of hydrogen-bond acceptors (Lipinski definition) is 8. The zero-order valence-corrected chi connectivity index (χ0v) is 39.8. The standard InChI is InChI=1S/C50H95O9P/c1-3-5-7-9-11-13-15-17-19-21-23-25-27-29-31-33-35-37-39-41-43-56-46-49(47-58-60(54,55)57-45-48(52)44-51)59-50(53)42-40-38-36-34-32-30-28-26-24-22-20-18-16-14-12-10-8-6-4-2/h11,13,17,19,23,25,48-49,51-52H,3-10,12,14-16,18,20-22,24,26-47H2,1-2H3,(H,54,55)/b13-11-,19-17-,25-23-. The van der Waals surface area contributed by atoms with Crippen molar-refractivity contribution in [1.29, 1.82) is 0 Å². The van der Waals surface area contributed by atoms with E-state index < -0.39 is 33.2 Å². The maximum atomic E-state index is 12.7. The highest BCUT2D eigenvalue weighted by molar-refractivity contribution is 7.47. The molecule has 0 fully saturated rings. The van der Waals surface area contributed by atoms with Gasteiger partial charge in [0.1, 0.15) is 12.2 Å². The first-order valence-electron chi connectivity index (χ1n) is 25.0. The largest absolute Gasteiger partial charge is 0.472 e. The quantitative estimate of drug-likeness (QED) is 0.0237. The molecule has 60 heavy (non-hydrogen) atoms. The number of carbonyl (C=O) groups excluding carboxylic acids is 1. The zero-order valence-electron chi connectivity index (χ0n) is 38.9. The van der Waals surface area contributed by atoms with Gasteiger partial charge in [-0.3, -0.25) is 13.8 Å². The van der Waals surface area contributed by atoms with Gasteiger partial charge in [0.25, 0.3) is 0 Å². The minimum atomic E-state index is -4.52. The second-order valence-corrected chi connectivity index (χ2v) is 18.3. The summed E-state index contributed by atoms with van der Waals surface area (Å²) in [5, 5.41) is 18.4. The second kappa shape index (κ2) is 47.2. The van der Waals surface area contributed by atoms with E-state index in [1.807, 2.05) is 0 Å². The lowest BCUT2D eigenvalue weighted by Crippen LogP contribution is -2.29. The summed E-state index contributed by atoms with van der Waals surface area (Å²) in [5.41, 5.74) is 0. The molecular weight excluding hydrogens is 776 g/mol. The van der Waals surface area contributed by atoms with Crippen LogP contribution in [0.3, 0.4) is 0 Å². The molecule has 3 atom stereocenters. The van der Waals surface area contributed by atoms with Crippen molar-refractivity contribution < 1.29 is 43.0 Å². The van der Waals surface area contributed by atoms with Crippen LogP contribution in [-0.4, -0.2) is 66.3 Å². The summed E-state index contributed by atoms with van der Waals surface area (Å²) in [6.45, 7) is 3.51. The van der Waals surface area contributed by atoms with E-state index in [2.05, 4.69) is 50.3 Å². The number of ether oxygens (including phenoxy) is 2. The molecule has 9 nitrogen and oxygen atoms in total. The van der Waals surface area contributed by atoms with Gasteiger partial charge in [0, 0.05) is 13.0 Å². The Balaban J connectivity index is 4.10. The summed E-state index contributed by atoms with van der Waals surface area (Å²) in [4.78, 5) is 22.7. The molecule has 0 bridgehead atoms. The van der Waals surface area contributed by atoms with Crippen LogP contribution in [0, 0.1) is 0 Å². The molecule has 0 saturated carbocycles. The first-order valence-corrected chi connectivity index (χ1v) is 26.5. The minimum absolute atomic E-state index is 0.0453. The van der Waals surface area contributed by atoms with Crippen LogP contribution >= 0.6 is 7.82 Å². The van der Waals surface area contributed by atoms with Gasteiger partial charge in [0.2, 0.25) is 0 Å². The molecular formula is C50H95O9P. The Hall–Kier alpha value is -1.32. The highest BCUT2D eigenvalue weighted by atomic mass is 31.2. The Labute approximate surface area is 369 Å². The zero-order chi connectivity index (χ0) is 43.9. The van der Waals surface area contributed by atoms with Gasteiger partial charge in [0.05, 0.1) is 26.4 Å². The third-order valence-corrected chi connectivity index (χ3v) is 11.8. The first-order chi connectivity index (χ1) is 29.3. The molecule has 0 aliphatic rings. The number of aliphatic hydroxyl groups excluding tert-OH is 2. The number of hydrogen-bond donors (Lipinski definition) is 3. The van der Waals surface area contributed by atoms with Gasteiger partial charge in [-0.15, -0.1) is 0 Å². The Morgan fingerprint density at radius 2 is 0.900 bits per heavy atom. The van der Waals surface area contributed by atoms with Crippen molar-refractivity contribution in [3.8, 4) is 0 Å². The molecule has 0 aromatic rings. The molecule has 0 aromatic carbocycles. The third kappa shape index (κ3) is 46.2. The van der Waals surface area contributed by atoms with Crippen molar-refractivity contribution in [2.24, 2.45) is 0 Å². The number of phosphoric acid groups is 1. The number of rotatable bonds is 48. The van der Waals surface area contributed by atoms with Gasteiger partial charge in [0.15, 0.2) is 0 Å². The Morgan fingerprint density at radius 3 is 1.38 bits per heavy atom. The Bertz CT molecular complexity index is 1030. The summed E-state index contributed by atoms with van der Waals surface area (Å²) in [5.74, 6) is -0.382. The molecule has 0 spiro atoms. The predicted molar refractivity (Wildman–Crippen MR) is 251 cm³/mol. The summed E-state index contributed by atoms with van der Waals surface area (Å²) in [7, 11) is -4.52. The summed E-state index contributed by atoms with van der Waals surface area (Å²) in [6.07, 6.45) is 52.5. The number of carbonyl (C=O) groups is 1. The lowest BCUT2D eigenvalue weighted by atomic mass is 10.0. The van der Waals surface area contributed by atoms with Gasteiger partial charge in [-0.1, -0.05) is 211 Å². The maximum Gasteiger partial charge on any atom is 0.472 e. The number of unbranched alkanes of at least 4 members (excludes halogenated alkanes) is 28. The van der Waals surface area contributed by atoms with E-state index in [-0.39, 0.29) is 25.6 Å². The molecule has 0 amide bonds. The fraction of sp³-hybridized carbons (Fsp3) is 0.860. The molecule has 0 saturated heterocycles. The van der Waals surface area contributed by atoms with Crippen LogP contribution in [0.1, 0.15) is 232 Å². The second-order valence-electron chi connectivity index (χ2n) is 16.8. The molecule has 10 heteroatoms. The number of allylic oxidation sites excluding steroid dienone is 6. The maximum absolute atomic E-state index is 12.7. The van der Waals surface area contributed by atoms with Gasteiger partial charge < -0.3 is 24.6 Å². The van der Waals surface area contributed by atoms with Gasteiger partial charge >= 0.3 is 13.8 Å². The molecule has 0 aliphatic heterocycles. The smallest absolute Gasteiger partial charge is 0.457 e. The van der Waals surface area contributed by atoms with E-state index in [9.17, 15) is 19.4 Å². The first kappa shape index (κ1) is 58.7. The van der Waals surface area contributed by atoms with Crippen molar-refractivity contribution >= 4 is 13.8 Å². The summed E-state index contributed by atoms with van der Waals surface area (Å²) in [6, 6.07) is 0. The van der Waals surface area contributed by atoms with Crippen molar-refractivity contribution in [2.75, 3.05) is 33.0 Å². The monoisotopic (exact) mass is 871 g/mol. The normalized spacial score (nSPS) is 14.2. The molecule has 0 radical (unpaired) electrons. The van der Waals surface area contributed by atoms with Crippen LogP contribution in [-0.2, 0) is 27.9 Å². The van der Waals surface area contributed by atoms with E-state index in [1.54, 1.807) is 0 Å². The lowest BCUT2D eigenvalue weighted by molar-refractivity contribution is -0.154. The van der Waals surface area contributed by atoms with Crippen LogP contribution < -0.4 is 0 Å². The number of aliphatic hydroxyl groups is 2. The lowest BCUT2D eigenvalue weighted by Gasteiger charge is -2.20. The summed E-state index contributed by atoms with van der Waals surface area (Å²) < 4.78 is 33.5. The van der Waals surface area contributed by atoms with Gasteiger partial charge in [-0.2, -0.15) is 0 Å². The van der Waals surface area contributed by atoms with Crippen molar-refractivity contribution in [2.45, 2.75) is 244 Å². The average Bonchev–Trinajstić information content (AvgIpc) is 3.24. The van der Waals surface area contributed by atoms with E-state index in [1.165, 1.54) is 154 Å². The average molecular weight is 871 g/mol. The highest BCUT2D eigenvalue weighted by Crippen LogP contribution is 2.43. The molecule has 0 aromatic heterocycles. The van der Waals surface area contributed by atoms with E-state index in [0.717, 1.165) is 57.8 Å². The molecule has 0 heterocycles. The van der Waals surface area contributed by atoms with E-state index >= 15 is 0 Å². The molecule has 354 valence electrons.